The first-order chi connectivity index (χ1) is 7.66. The number of anilines is 1. The number of nitrogen functional groups attached to an aromatic ring is 1. The number of nitrogens with two attached hydrogens (primary N) is 1. The van der Waals surface area contributed by atoms with Crippen molar-refractivity contribution >= 4 is 44.7 Å². The Balaban J connectivity index is 2.07. The van der Waals surface area contributed by atoms with Gasteiger partial charge in [-0.1, -0.05) is 23.9 Å². The molecule has 0 spiro atoms. The van der Waals surface area contributed by atoms with E-state index < -0.39 is 0 Å². The standard InChI is InChI=1S/C11H11BrN2S2/c1-7-5-15-11(14-7)16-6-8-3-2-4-9(13)10(8)12/h2-5H,6,13H2,1H3. The lowest BCUT2D eigenvalue weighted by atomic mass is 10.2. The summed E-state index contributed by atoms with van der Waals surface area (Å²) in [7, 11) is 0. The molecule has 0 unspecified atom stereocenters. The van der Waals surface area contributed by atoms with Crippen LogP contribution in [0.1, 0.15) is 11.3 Å². The Morgan fingerprint density at radius 1 is 1.50 bits per heavy atom. The van der Waals surface area contributed by atoms with Crippen LogP contribution in [0, 0.1) is 6.92 Å². The summed E-state index contributed by atoms with van der Waals surface area (Å²) in [5.74, 6) is 0.887. The van der Waals surface area contributed by atoms with Gasteiger partial charge in [-0.05, 0) is 34.5 Å². The van der Waals surface area contributed by atoms with E-state index >= 15 is 0 Å². The number of thioether (sulfide) groups is 1. The number of nitrogens with zero attached hydrogens (tertiary/aromatic N) is 1. The van der Waals surface area contributed by atoms with E-state index in [9.17, 15) is 0 Å². The van der Waals surface area contributed by atoms with Gasteiger partial charge in [0.2, 0.25) is 0 Å². The van der Waals surface area contributed by atoms with E-state index in [-0.39, 0.29) is 0 Å². The van der Waals surface area contributed by atoms with Gasteiger partial charge in [0.05, 0.1) is 0 Å². The van der Waals surface area contributed by atoms with Crippen LogP contribution in [0.15, 0.2) is 32.4 Å². The van der Waals surface area contributed by atoms with Crippen LogP contribution in [-0.2, 0) is 5.75 Å². The number of hydrogen-bond acceptors (Lipinski definition) is 4. The SMILES string of the molecule is Cc1csc(SCc2cccc(N)c2Br)n1. The van der Waals surface area contributed by atoms with Crippen molar-refractivity contribution in [2.75, 3.05) is 5.73 Å². The molecule has 0 bridgehead atoms. The zero-order chi connectivity index (χ0) is 11.5. The molecule has 2 aromatic rings. The maximum atomic E-state index is 5.82. The minimum Gasteiger partial charge on any atom is -0.398 e. The highest BCUT2D eigenvalue weighted by atomic mass is 79.9. The van der Waals surface area contributed by atoms with Crippen molar-refractivity contribution in [3.05, 3.63) is 39.3 Å². The molecule has 0 saturated carbocycles. The highest BCUT2D eigenvalue weighted by Gasteiger charge is 2.05. The molecule has 1 aromatic heterocycles. The minimum absolute atomic E-state index is 0.786. The summed E-state index contributed by atoms with van der Waals surface area (Å²) in [5.41, 5.74) is 8.90. The average molecular weight is 315 g/mol. The van der Waals surface area contributed by atoms with E-state index in [1.165, 1.54) is 5.56 Å². The second-order valence-electron chi connectivity index (χ2n) is 3.36. The molecule has 2 nitrogen and oxygen atoms in total. The first-order valence-corrected chi connectivity index (χ1v) is 7.40. The van der Waals surface area contributed by atoms with Gasteiger partial charge in [0.25, 0.3) is 0 Å². The Kier molecular flexibility index (Phi) is 3.89. The van der Waals surface area contributed by atoms with Crippen LogP contribution in [0.4, 0.5) is 5.69 Å². The molecule has 84 valence electrons. The van der Waals surface area contributed by atoms with Crippen LogP contribution < -0.4 is 5.73 Å². The maximum absolute atomic E-state index is 5.82. The zero-order valence-electron chi connectivity index (χ0n) is 8.74. The molecular weight excluding hydrogens is 304 g/mol. The molecule has 0 amide bonds. The number of aryl methyl sites for hydroxylation is 1. The molecule has 0 radical (unpaired) electrons. The van der Waals surface area contributed by atoms with Crippen molar-refractivity contribution in [2.45, 2.75) is 17.0 Å². The van der Waals surface area contributed by atoms with Gasteiger partial charge in [0, 0.05) is 27.0 Å². The minimum atomic E-state index is 0.786. The number of rotatable bonds is 3. The quantitative estimate of drug-likeness (QED) is 0.685. The average Bonchev–Trinajstić information content (AvgIpc) is 2.67. The molecule has 1 heterocycles. The van der Waals surface area contributed by atoms with Crippen LogP contribution >= 0.6 is 39.0 Å². The van der Waals surface area contributed by atoms with Crippen LogP contribution in [0.2, 0.25) is 0 Å². The van der Waals surface area contributed by atoms with Crippen LogP contribution in [-0.4, -0.2) is 4.98 Å². The second kappa shape index (κ2) is 5.21. The van der Waals surface area contributed by atoms with Crippen molar-refractivity contribution in [3.8, 4) is 0 Å². The molecule has 2 rings (SSSR count). The number of halogens is 1. The van der Waals surface area contributed by atoms with E-state index in [1.54, 1.807) is 23.1 Å². The fourth-order valence-electron chi connectivity index (χ4n) is 1.25. The summed E-state index contributed by atoms with van der Waals surface area (Å²) in [6, 6.07) is 5.95. The Bertz CT molecular complexity index is 496. The highest BCUT2D eigenvalue weighted by molar-refractivity contribution is 9.10. The maximum Gasteiger partial charge on any atom is 0.150 e. The molecule has 0 aliphatic rings. The summed E-state index contributed by atoms with van der Waals surface area (Å²) in [4.78, 5) is 4.41. The molecular formula is C11H11BrN2S2. The lowest BCUT2D eigenvalue weighted by molar-refractivity contribution is 1.16. The molecule has 0 aliphatic heterocycles. The predicted molar refractivity (Wildman–Crippen MR) is 75.0 cm³/mol. The summed E-state index contributed by atoms with van der Waals surface area (Å²) < 4.78 is 2.10. The molecule has 0 saturated heterocycles. The summed E-state index contributed by atoms with van der Waals surface area (Å²) in [6.07, 6.45) is 0. The predicted octanol–water partition coefficient (Wildman–Crippen LogP) is 4.09. The van der Waals surface area contributed by atoms with Crippen molar-refractivity contribution in [1.29, 1.82) is 0 Å². The zero-order valence-corrected chi connectivity index (χ0v) is 12.0. The molecule has 1 aromatic carbocycles. The number of aromatic nitrogens is 1. The molecule has 5 heteroatoms. The molecule has 0 aliphatic carbocycles. The third kappa shape index (κ3) is 2.78. The third-order valence-corrected chi connectivity index (χ3v) is 5.21. The summed E-state index contributed by atoms with van der Waals surface area (Å²) >= 11 is 6.93. The number of benzene rings is 1. The number of hydrogen-bond donors (Lipinski definition) is 1. The van der Waals surface area contributed by atoms with Gasteiger partial charge in [0.1, 0.15) is 4.34 Å². The largest absolute Gasteiger partial charge is 0.398 e. The van der Waals surface area contributed by atoms with Gasteiger partial charge in [0.15, 0.2) is 0 Å². The normalized spacial score (nSPS) is 10.6. The van der Waals surface area contributed by atoms with Crippen molar-refractivity contribution in [1.82, 2.24) is 4.98 Å². The fourth-order valence-corrected chi connectivity index (χ4v) is 3.68. The van der Waals surface area contributed by atoms with E-state index in [0.29, 0.717) is 0 Å². The van der Waals surface area contributed by atoms with Crippen LogP contribution in [0.25, 0.3) is 0 Å². The van der Waals surface area contributed by atoms with Crippen molar-refractivity contribution in [3.63, 3.8) is 0 Å². The van der Waals surface area contributed by atoms with Crippen LogP contribution in [0.5, 0.6) is 0 Å². The lowest BCUT2D eigenvalue weighted by Crippen LogP contribution is -1.90. The van der Waals surface area contributed by atoms with E-state index in [0.717, 1.165) is 25.9 Å². The van der Waals surface area contributed by atoms with Gasteiger partial charge < -0.3 is 5.73 Å². The first-order valence-electron chi connectivity index (χ1n) is 4.74. The van der Waals surface area contributed by atoms with Gasteiger partial charge in [-0.25, -0.2) is 4.98 Å². The third-order valence-electron chi connectivity index (χ3n) is 2.06. The van der Waals surface area contributed by atoms with E-state index in [2.05, 4.69) is 32.4 Å². The smallest absolute Gasteiger partial charge is 0.150 e. The Morgan fingerprint density at radius 3 is 3.00 bits per heavy atom. The van der Waals surface area contributed by atoms with E-state index in [1.807, 2.05) is 19.1 Å². The van der Waals surface area contributed by atoms with Crippen molar-refractivity contribution in [2.24, 2.45) is 0 Å². The molecule has 0 fully saturated rings. The summed E-state index contributed by atoms with van der Waals surface area (Å²) in [6.45, 7) is 2.01. The Hall–Kier alpha value is -0.520. The molecule has 0 atom stereocenters. The molecule has 2 N–H and O–H groups in total. The van der Waals surface area contributed by atoms with Crippen molar-refractivity contribution < 1.29 is 0 Å². The monoisotopic (exact) mass is 314 g/mol. The topological polar surface area (TPSA) is 38.9 Å². The van der Waals surface area contributed by atoms with Gasteiger partial charge >= 0.3 is 0 Å². The second-order valence-corrected chi connectivity index (χ2v) is 6.24. The van der Waals surface area contributed by atoms with Gasteiger partial charge in [-0.2, -0.15) is 0 Å². The first kappa shape index (κ1) is 12.0. The Labute approximate surface area is 111 Å². The van der Waals surface area contributed by atoms with Crippen LogP contribution in [0.3, 0.4) is 0 Å². The fraction of sp³-hybridized carbons (Fsp3) is 0.182. The Morgan fingerprint density at radius 2 is 2.31 bits per heavy atom. The molecule has 16 heavy (non-hydrogen) atoms. The van der Waals surface area contributed by atoms with E-state index in [4.69, 9.17) is 5.73 Å². The number of thiazole rings is 1. The van der Waals surface area contributed by atoms with Gasteiger partial charge in [-0.3, -0.25) is 0 Å². The lowest BCUT2D eigenvalue weighted by Gasteiger charge is -2.05. The highest BCUT2D eigenvalue weighted by Crippen LogP contribution is 2.31. The summed E-state index contributed by atoms with van der Waals surface area (Å²) in [5, 5.41) is 2.07. The van der Waals surface area contributed by atoms with Gasteiger partial charge in [-0.15, -0.1) is 11.3 Å².